The molecular weight excluding hydrogens is 383 g/mol. The zero-order valence-corrected chi connectivity index (χ0v) is 16.7. The van der Waals surface area contributed by atoms with E-state index in [1.165, 1.54) is 30.5 Å². The zero-order valence-electron chi connectivity index (χ0n) is 16.7. The first-order chi connectivity index (χ1) is 14.6. The van der Waals surface area contributed by atoms with E-state index in [1.807, 2.05) is 6.92 Å². The number of nitrogens with zero attached hydrogens (tertiary/aromatic N) is 6. The number of rotatable bonds is 4. The summed E-state index contributed by atoms with van der Waals surface area (Å²) in [6.45, 7) is 2.42. The highest BCUT2D eigenvalue weighted by Gasteiger charge is 2.18. The average Bonchev–Trinajstić information content (AvgIpc) is 3.11. The molecule has 8 heteroatoms. The molecule has 4 aromatic rings. The van der Waals surface area contributed by atoms with Crippen LogP contribution in [0.5, 0.6) is 0 Å². The lowest BCUT2D eigenvalue weighted by Crippen LogP contribution is -2.23. The van der Waals surface area contributed by atoms with Gasteiger partial charge in [-0.1, -0.05) is 23.8 Å². The SMILES string of the molecule is Cc1nn2c(nnc3c(=O)n(CCC4=CCCCC4)cnc32)c1-c1ccc(F)cc1. The second-order valence-corrected chi connectivity index (χ2v) is 7.68. The number of hydrogen-bond acceptors (Lipinski definition) is 5. The van der Waals surface area contributed by atoms with E-state index in [0.717, 1.165) is 30.4 Å². The molecule has 0 saturated carbocycles. The van der Waals surface area contributed by atoms with Gasteiger partial charge in [0.15, 0.2) is 16.8 Å². The fourth-order valence-electron chi connectivity index (χ4n) is 4.07. The van der Waals surface area contributed by atoms with Crippen LogP contribution in [0.25, 0.3) is 27.9 Å². The molecule has 0 N–H and O–H groups in total. The lowest BCUT2D eigenvalue weighted by molar-refractivity contribution is 0.609. The molecule has 0 bridgehead atoms. The Labute approximate surface area is 171 Å². The smallest absolute Gasteiger partial charge is 0.283 e. The number of aryl methyl sites for hydroxylation is 2. The van der Waals surface area contributed by atoms with Gasteiger partial charge in [-0.2, -0.15) is 9.61 Å². The molecule has 0 atom stereocenters. The molecule has 7 nitrogen and oxygen atoms in total. The van der Waals surface area contributed by atoms with Crippen LogP contribution in [0.15, 0.2) is 47.0 Å². The van der Waals surface area contributed by atoms with Crippen LogP contribution in [0.4, 0.5) is 4.39 Å². The second-order valence-electron chi connectivity index (χ2n) is 7.68. The van der Waals surface area contributed by atoms with Gasteiger partial charge in [-0.25, -0.2) is 9.37 Å². The first-order valence-corrected chi connectivity index (χ1v) is 10.2. The van der Waals surface area contributed by atoms with E-state index in [-0.39, 0.29) is 16.9 Å². The Hall–Kier alpha value is -3.42. The molecule has 1 aliphatic rings. The molecule has 0 amide bonds. The molecule has 1 aromatic carbocycles. The van der Waals surface area contributed by atoms with Gasteiger partial charge in [-0.3, -0.25) is 9.36 Å². The van der Waals surface area contributed by atoms with Crippen LogP contribution in [-0.2, 0) is 6.54 Å². The number of allylic oxidation sites excluding steroid dienone is 2. The topological polar surface area (TPSA) is 78.0 Å². The van der Waals surface area contributed by atoms with Gasteiger partial charge in [0, 0.05) is 6.54 Å². The van der Waals surface area contributed by atoms with Crippen molar-refractivity contribution < 1.29 is 4.39 Å². The highest BCUT2D eigenvalue weighted by atomic mass is 19.1. The second kappa shape index (κ2) is 7.44. The predicted octanol–water partition coefficient (Wildman–Crippen LogP) is 3.84. The zero-order chi connectivity index (χ0) is 20.7. The molecule has 0 unspecified atom stereocenters. The Morgan fingerprint density at radius 3 is 2.70 bits per heavy atom. The Morgan fingerprint density at radius 2 is 1.93 bits per heavy atom. The van der Waals surface area contributed by atoms with Gasteiger partial charge in [0.2, 0.25) is 0 Å². The molecule has 0 saturated heterocycles. The van der Waals surface area contributed by atoms with E-state index < -0.39 is 0 Å². The van der Waals surface area contributed by atoms with Crippen molar-refractivity contribution in [3.05, 3.63) is 64.1 Å². The van der Waals surface area contributed by atoms with Crippen LogP contribution < -0.4 is 5.56 Å². The predicted molar refractivity (Wildman–Crippen MR) is 112 cm³/mol. The third-order valence-corrected chi connectivity index (χ3v) is 5.67. The van der Waals surface area contributed by atoms with Crippen LogP contribution in [-0.4, -0.2) is 29.4 Å². The van der Waals surface area contributed by atoms with Crippen LogP contribution >= 0.6 is 0 Å². The number of fused-ring (bicyclic) bond motifs is 3. The summed E-state index contributed by atoms with van der Waals surface area (Å²) in [5, 5.41) is 13.0. The van der Waals surface area contributed by atoms with Crippen molar-refractivity contribution in [2.24, 2.45) is 0 Å². The van der Waals surface area contributed by atoms with Gasteiger partial charge >= 0.3 is 0 Å². The summed E-state index contributed by atoms with van der Waals surface area (Å²) in [6, 6.07) is 6.14. The van der Waals surface area contributed by atoms with E-state index in [1.54, 1.807) is 27.5 Å². The van der Waals surface area contributed by atoms with E-state index in [9.17, 15) is 9.18 Å². The van der Waals surface area contributed by atoms with Crippen LogP contribution in [0.1, 0.15) is 37.8 Å². The van der Waals surface area contributed by atoms with Gasteiger partial charge in [-0.15, -0.1) is 10.2 Å². The van der Waals surface area contributed by atoms with Crippen molar-refractivity contribution in [1.29, 1.82) is 0 Å². The van der Waals surface area contributed by atoms with E-state index in [2.05, 4.69) is 26.4 Å². The summed E-state index contributed by atoms with van der Waals surface area (Å²) in [7, 11) is 0. The lowest BCUT2D eigenvalue weighted by Gasteiger charge is -2.13. The number of aromatic nitrogens is 6. The van der Waals surface area contributed by atoms with Gasteiger partial charge in [0.25, 0.3) is 5.56 Å². The summed E-state index contributed by atoms with van der Waals surface area (Å²) in [4.78, 5) is 17.4. The summed E-state index contributed by atoms with van der Waals surface area (Å²) in [5.41, 5.74) is 4.47. The molecule has 0 fully saturated rings. The van der Waals surface area contributed by atoms with Gasteiger partial charge in [0.05, 0.1) is 11.3 Å². The minimum atomic E-state index is -0.310. The third-order valence-electron chi connectivity index (χ3n) is 5.67. The maximum absolute atomic E-state index is 13.3. The van der Waals surface area contributed by atoms with Crippen LogP contribution in [0.2, 0.25) is 0 Å². The highest BCUT2D eigenvalue weighted by molar-refractivity contribution is 5.83. The van der Waals surface area contributed by atoms with Gasteiger partial charge in [0.1, 0.15) is 12.1 Å². The molecule has 30 heavy (non-hydrogen) atoms. The normalized spacial score (nSPS) is 14.4. The fourth-order valence-corrected chi connectivity index (χ4v) is 4.07. The van der Waals surface area contributed by atoms with Crippen molar-refractivity contribution in [2.75, 3.05) is 0 Å². The fraction of sp³-hybridized carbons (Fsp3) is 0.318. The molecule has 0 spiro atoms. The Bertz CT molecular complexity index is 1340. The minimum absolute atomic E-state index is 0.191. The first kappa shape index (κ1) is 18.6. The quantitative estimate of drug-likeness (QED) is 0.483. The Kier molecular flexibility index (Phi) is 4.61. The Morgan fingerprint density at radius 1 is 1.10 bits per heavy atom. The highest BCUT2D eigenvalue weighted by Crippen LogP contribution is 2.28. The maximum Gasteiger partial charge on any atom is 0.283 e. The molecule has 3 heterocycles. The van der Waals surface area contributed by atoms with Crippen molar-refractivity contribution in [3.8, 4) is 11.1 Å². The number of benzene rings is 1. The molecule has 0 aliphatic heterocycles. The third kappa shape index (κ3) is 3.18. The van der Waals surface area contributed by atoms with Crippen LogP contribution in [0, 0.1) is 12.7 Å². The average molecular weight is 404 g/mol. The molecular formula is C22H21FN6O. The lowest BCUT2D eigenvalue weighted by atomic mass is 9.97. The molecule has 152 valence electrons. The van der Waals surface area contributed by atoms with Crippen molar-refractivity contribution in [3.63, 3.8) is 0 Å². The van der Waals surface area contributed by atoms with Crippen molar-refractivity contribution in [1.82, 2.24) is 29.4 Å². The molecule has 5 rings (SSSR count). The van der Waals surface area contributed by atoms with E-state index in [0.29, 0.717) is 23.5 Å². The first-order valence-electron chi connectivity index (χ1n) is 10.2. The molecule has 1 aliphatic carbocycles. The molecule has 0 radical (unpaired) electrons. The van der Waals surface area contributed by atoms with Crippen molar-refractivity contribution >= 4 is 16.8 Å². The summed E-state index contributed by atoms with van der Waals surface area (Å²) >= 11 is 0. The van der Waals surface area contributed by atoms with Gasteiger partial charge in [-0.05, 0) is 56.7 Å². The number of halogens is 1. The largest absolute Gasteiger partial charge is 0.297 e. The number of hydrogen-bond donors (Lipinski definition) is 0. The van der Waals surface area contributed by atoms with Gasteiger partial charge < -0.3 is 0 Å². The standard InChI is InChI=1S/C22H21FN6O/c1-14-18(16-7-9-17(23)10-8-16)20-26-25-19-21(29(20)27-14)24-13-28(22(19)30)12-11-15-5-3-2-4-6-15/h5,7-10,13H,2-4,6,11-12H2,1H3. The van der Waals surface area contributed by atoms with E-state index >= 15 is 0 Å². The van der Waals surface area contributed by atoms with E-state index in [4.69, 9.17) is 0 Å². The monoisotopic (exact) mass is 404 g/mol. The maximum atomic E-state index is 13.3. The summed E-state index contributed by atoms with van der Waals surface area (Å²) < 4.78 is 16.5. The van der Waals surface area contributed by atoms with Crippen LogP contribution in [0.3, 0.4) is 0 Å². The summed E-state index contributed by atoms with van der Waals surface area (Å²) in [6.07, 6.45) is 9.39. The molecule has 3 aromatic heterocycles. The Balaban J connectivity index is 1.56. The summed E-state index contributed by atoms with van der Waals surface area (Å²) in [5.74, 6) is -0.310. The minimum Gasteiger partial charge on any atom is -0.297 e. The van der Waals surface area contributed by atoms with Crippen molar-refractivity contribution in [2.45, 2.75) is 45.6 Å².